The zero-order chi connectivity index (χ0) is 6.97. The lowest BCUT2D eigenvalue weighted by molar-refractivity contribution is 0.674. The van der Waals surface area contributed by atoms with Crippen LogP contribution in [0.3, 0.4) is 0 Å². The Morgan fingerprint density at radius 3 is 3.50 bits per heavy atom. The molecule has 0 bridgehead atoms. The molecule has 54 valence electrons. The van der Waals surface area contributed by atoms with Gasteiger partial charge < -0.3 is 5.73 Å². The van der Waals surface area contributed by atoms with Crippen LogP contribution in [0, 0.1) is 0 Å². The third-order valence-corrected chi connectivity index (χ3v) is 2.97. The summed E-state index contributed by atoms with van der Waals surface area (Å²) in [6, 6.07) is 0. The topological polar surface area (TPSA) is 38.9 Å². The lowest BCUT2D eigenvalue weighted by Gasteiger charge is -2.01. The van der Waals surface area contributed by atoms with Crippen molar-refractivity contribution in [2.75, 3.05) is 6.54 Å². The Labute approximate surface area is 64.1 Å². The van der Waals surface area contributed by atoms with E-state index in [2.05, 4.69) is 4.98 Å². The van der Waals surface area contributed by atoms with E-state index < -0.39 is 0 Å². The molecule has 3 heteroatoms. The fraction of sp³-hybridized carbons (Fsp3) is 0.571. The van der Waals surface area contributed by atoms with Crippen molar-refractivity contribution < 1.29 is 0 Å². The Kier molecular flexibility index (Phi) is 1.47. The van der Waals surface area contributed by atoms with Crippen molar-refractivity contribution >= 4 is 11.3 Å². The molecule has 10 heavy (non-hydrogen) atoms. The number of thiazole rings is 1. The first-order valence-corrected chi connectivity index (χ1v) is 4.42. The second kappa shape index (κ2) is 2.32. The van der Waals surface area contributed by atoms with Gasteiger partial charge in [-0.3, -0.25) is 0 Å². The molecular formula is C7H10N2S. The van der Waals surface area contributed by atoms with Gasteiger partial charge in [-0.25, -0.2) is 4.98 Å². The van der Waals surface area contributed by atoms with Crippen molar-refractivity contribution in [1.82, 2.24) is 4.98 Å². The number of nitrogens with two attached hydrogens (primary N) is 1. The van der Waals surface area contributed by atoms with E-state index >= 15 is 0 Å². The summed E-state index contributed by atoms with van der Waals surface area (Å²) in [7, 11) is 0. The van der Waals surface area contributed by atoms with Gasteiger partial charge in [-0.2, -0.15) is 0 Å². The summed E-state index contributed by atoms with van der Waals surface area (Å²) in [6.45, 7) is 0.761. The molecule has 1 aliphatic carbocycles. The molecule has 0 aromatic carbocycles. The highest BCUT2D eigenvalue weighted by atomic mass is 32.1. The third kappa shape index (κ3) is 0.777. The number of aryl methyl sites for hydroxylation is 1. The average molecular weight is 154 g/mol. The van der Waals surface area contributed by atoms with Gasteiger partial charge in [0.1, 0.15) is 0 Å². The van der Waals surface area contributed by atoms with Gasteiger partial charge in [-0.15, -0.1) is 11.3 Å². The lowest BCUT2D eigenvalue weighted by atomic mass is 10.1. The largest absolute Gasteiger partial charge is 0.330 e. The molecule has 0 aliphatic heterocycles. The average Bonchev–Trinajstić information content (AvgIpc) is 2.44. The summed E-state index contributed by atoms with van der Waals surface area (Å²) in [4.78, 5) is 5.74. The molecule has 1 heterocycles. The van der Waals surface area contributed by atoms with Crippen molar-refractivity contribution in [3.05, 3.63) is 16.1 Å². The molecule has 0 spiro atoms. The number of aromatic nitrogens is 1. The quantitative estimate of drug-likeness (QED) is 0.658. The number of hydrogen-bond acceptors (Lipinski definition) is 3. The highest BCUT2D eigenvalue weighted by molar-refractivity contribution is 7.09. The summed E-state index contributed by atoms with van der Waals surface area (Å²) >= 11 is 1.76. The Hall–Kier alpha value is -0.410. The molecule has 0 saturated heterocycles. The predicted molar refractivity (Wildman–Crippen MR) is 42.2 cm³/mol. The molecule has 1 unspecified atom stereocenters. The minimum atomic E-state index is 0.557. The fourth-order valence-electron chi connectivity index (χ4n) is 1.47. The second-order valence-electron chi connectivity index (χ2n) is 2.63. The van der Waals surface area contributed by atoms with Crippen molar-refractivity contribution in [3.8, 4) is 0 Å². The number of fused-ring (bicyclic) bond motifs is 1. The van der Waals surface area contributed by atoms with E-state index in [4.69, 9.17) is 5.73 Å². The normalized spacial score (nSPS) is 23.1. The SMILES string of the molecule is NCC1CCc2scnc21. The van der Waals surface area contributed by atoms with Gasteiger partial charge in [0.15, 0.2) is 0 Å². The summed E-state index contributed by atoms with van der Waals surface area (Å²) in [5.74, 6) is 0.557. The Morgan fingerprint density at radius 2 is 2.70 bits per heavy atom. The van der Waals surface area contributed by atoms with E-state index in [1.54, 1.807) is 11.3 Å². The van der Waals surface area contributed by atoms with Gasteiger partial charge in [0.2, 0.25) is 0 Å². The van der Waals surface area contributed by atoms with Crippen molar-refractivity contribution in [3.63, 3.8) is 0 Å². The summed E-state index contributed by atoms with van der Waals surface area (Å²) in [6.07, 6.45) is 2.41. The van der Waals surface area contributed by atoms with E-state index in [1.807, 2.05) is 5.51 Å². The van der Waals surface area contributed by atoms with Crippen molar-refractivity contribution in [2.24, 2.45) is 5.73 Å². The summed E-state index contributed by atoms with van der Waals surface area (Å²) in [5.41, 5.74) is 8.77. The zero-order valence-electron chi connectivity index (χ0n) is 5.71. The van der Waals surface area contributed by atoms with E-state index in [9.17, 15) is 0 Å². The first-order valence-electron chi connectivity index (χ1n) is 3.54. The summed E-state index contributed by atoms with van der Waals surface area (Å²) in [5, 5.41) is 0. The van der Waals surface area contributed by atoms with Crippen LogP contribution in [0.1, 0.15) is 22.9 Å². The van der Waals surface area contributed by atoms with Crippen molar-refractivity contribution in [1.29, 1.82) is 0 Å². The Morgan fingerprint density at radius 1 is 1.80 bits per heavy atom. The Bertz CT molecular complexity index is 231. The molecular weight excluding hydrogens is 144 g/mol. The van der Waals surface area contributed by atoms with Crippen LogP contribution in [0.5, 0.6) is 0 Å². The molecule has 2 rings (SSSR count). The van der Waals surface area contributed by atoms with Gasteiger partial charge >= 0.3 is 0 Å². The highest BCUT2D eigenvalue weighted by Crippen LogP contribution is 2.33. The molecule has 0 saturated carbocycles. The first-order chi connectivity index (χ1) is 4.92. The van der Waals surface area contributed by atoms with Gasteiger partial charge in [-0.05, 0) is 12.8 Å². The minimum absolute atomic E-state index is 0.557. The van der Waals surface area contributed by atoms with Crippen LogP contribution in [-0.2, 0) is 6.42 Å². The molecule has 1 aromatic rings. The summed E-state index contributed by atoms with van der Waals surface area (Å²) < 4.78 is 0. The van der Waals surface area contributed by atoms with Crippen LogP contribution in [0.2, 0.25) is 0 Å². The van der Waals surface area contributed by atoms with Crippen LogP contribution in [0.25, 0.3) is 0 Å². The van der Waals surface area contributed by atoms with Crippen molar-refractivity contribution in [2.45, 2.75) is 18.8 Å². The maximum atomic E-state index is 5.57. The molecule has 1 aromatic heterocycles. The standard InChI is InChI=1S/C7H10N2S/c8-3-5-1-2-6-7(5)9-4-10-6/h4-5H,1-3,8H2. The molecule has 2 N–H and O–H groups in total. The number of nitrogens with zero attached hydrogens (tertiary/aromatic N) is 1. The van der Waals surface area contributed by atoms with E-state index in [-0.39, 0.29) is 0 Å². The maximum absolute atomic E-state index is 5.57. The maximum Gasteiger partial charge on any atom is 0.0797 e. The molecule has 0 fully saturated rings. The number of rotatable bonds is 1. The highest BCUT2D eigenvalue weighted by Gasteiger charge is 2.23. The fourth-order valence-corrected chi connectivity index (χ4v) is 2.34. The van der Waals surface area contributed by atoms with E-state index in [1.165, 1.54) is 23.4 Å². The van der Waals surface area contributed by atoms with E-state index in [0.717, 1.165) is 6.54 Å². The van der Waals surface area contributed by atoms with E-state index in [0.29, 0.717) is 5.92 Å². The molecule has 0 radical (unpaired) electrons. The third-order valence-electron chi connectivity index (χ3n) is 2.06. The Balaban J connectivity index is 2.34. The zero-order valence-corrected chi connectivity index (χ0v) is 6.53. The van der Waals surface area contributed by atoms with Crippen LogP contribution in [-0.4, -0.2) is 11.5 Å². The second-order valence-corrected chi connectivity index (χ2v) is 3.57. The molecule has 2 nitrogen and oxygen atoms in total. The van der Waals surface area contributed by atoms with Gasteiger partial charge in [-0.1, -0.05) is 0 Å². The monoisotopic (exact) mass is 154 g/mol. The first kappa shape index (κ1) is 6.31. The van der Waals surface area contributed by atoms with Crippen LogP contribution < -0.4 is 5.73 Å². The van der Waals surface area contributed by atoms with Gasteiger partial charge in [0, 0.05) is 17.3 Å². The van der Waals surface area contributed by atoms with Crippen LogP contribution >= 0.6 is 11.3 Å². The van der Waals surface area contributed by atoms with Gasteiger partial charge in [0.25, 0.3) is 0 Å². The van der Waals surface area contributed by atoms with Crippen LogP contribution in [0.4, 0.5) is 0 Å². The molecule has 1 atom stereocenters. The molecule has 1 aliphatic rings. The molecule has 0 amide bonds. The lowest BCUT2D eigenvalue weighted by Crippen LogP contribution is -2.09. The number of hydrogen-bond donors (Lipinski definition) is 1. The minimum Gasteiger partial charge on any atom is -0.330 e. The van der Waals surface area contributed by atoms with Gasteiger partial charge in [0.05, 0.1) is 11.2 Å². The smallest absolute Gasteiger partial charge is 0.0797 e. The predicted octanol–water partition coefficient (Wildman–Crippen LogP) is 1.13. The van der Waals surface area contributed by atoms with Crippen LogP contribution in [0.15, 0.2) is 5.51 Å².